The van der Waals surface area contributed by atoms with Crippen LogP contribution in [0.1, 0.15) is 16.4 Å². The molecule has 0 saturated carbocycles. The van der Waals surface area contributed by atoms with E-state index in [4.69, 9.17) is 4.74 Å². The van der Waals surface area contributed by atoms with E-state index in [1.807, 2.05) is 12.1 Å². The Hall–Kier alpha value is -4.14. The van der Waals surface area contributed by atoms with Gasteiger partial charge in [0.15, 0.2) is 0 Å². The van der Waals surface area contributed by atoms with E-state index in [0.717, 1.165) is 11.3 Å². The highest BCUT2D eigenvalue weighted by atomic mass is 32.1. The lowest BCUT2D eigenvalue weighted by molar-refractivity contribution is 0.268. The third-order valence-electron chi connectivity index (χ3n) is 6.68. The summed E-state index contributed by atoms with van der Waals surface area (Å²) in [4.78, 5) is 2.48. The molecular formula is C34H26OS. The lowest BCUT2D eigenvalue weighted by Crippen LogP contribution is -2.16. The van der Waals surface area contributed by atoms with Crippen LogP contribution in [0.3, 0.4) is 0 Å². The van der Waals surface area contributed by atoms with Gasteiger partial charge in [0.1, 0.15) is 11.9 Å². The summed E-state index contributed by atoms with van der Waals surface area (Å²) in [6.45, 7) is 4.05. The highest BCUT2D eigenvalue weighted by Gasteiger charge is 2.33. The maximum Gasteiger partial charge on any atom is 0.128 e. The van der Waals surface area contributed by atoms with Crippen LogP contribution in [0, 0.1) is 0 Å². The number of allylic oxidation sites excluding steroid dienone is 7. The van der Waals surface area contributed by atoms with E-state index in [2.05, 4.69) is 128 Å². The zero-order valence-electron chi connectivity index (χ0n) is 19.9. The van der Waals surface area contributed by atoms with E-state index in [1.165, 1.54) is 37.6 Å². The van der Waals surface area contributed by atoms with E-state index in [1.54, 1.807) is 11.3 Å². The third kappa shape index (κ3) is 4.44. The Bertz CT molecular complexity index is 1520. The van der Waals surface area contributed by atoms with Crippen molar-refractivity contribution in [3.05, 3.63) is 156 Å². The largest absolute Gasteiger partial charge is 0.485 e. The minimum atomic E-state index is 0.0602. The van der Waals surface area contributed by atoms with Crippen LogP contribution in [0.5, 0.6) is 5.75 Å². The molecule has 2 heteroatoms. The van der Waals surface area contributed by atoms with E-state index in [0.29, 0.717) is 0 Å². The molecule has 2 atom stereocenters. The Morgan fingerprint density at radius 1 is 0.833 bits per heavy atom. The van der Waals surface area contributed by atoms with Gasteiger partial charge in [-0.2, -0.15) is 0 Å². The van der Waals surface area contributed by atoms with Crippen LogP contribution < -0.4 is 4.74 Å². The lowest BCUT2D eigenvalue weighted by Gasteiger charge is -2.17. The predicted molar refractivity (Wildman–Crippen MR) is 153 cm³/mol. The number of fused-ring (bicyclic) bond motifs is 3. The number of ether oxygens (including phenoxy) is 1. The van der Waals surface area contributed by atoms with Crippen molar-refractivity contribution in [3.63, 3.8) is 0 Å². The second-order valence-electron chi connectivity index (χ2n) is 8.97. The Morgan fingerprint density at radius 3 is 2.39 bits per heavy atom. The van der Waals surface area contributed by atoms with Crippen molar-refractivity contribution in [3.8, 4) is 27.3 Å². The molecule has 0 N–H and O–H groups in total. The number of hydrogen-bond donors (Lipinski definition) is 0. The van der Waals surface area contributed by atoms with Gasteiger partial charge in [0.25, 0.3) is 0 Å². The van der Waals surface area contributed by atoms with Crippen LogP contribution in [0.2, 0.25) is 0 Å². The number of benzene rings is 3. The van der Waals surface area contributed by atoms with Crippen molar-refractivity contribution in [2.24, 2.45) is 0 Å². The van der Waals surface area contributed by atoms with Crippen LogP contribution in [0.15, 0.2) is 146 Å². The molecular weight excluding hydrogens is 456 g/mol. The summed E-state index contributed by atoms with van der Waals surface area (Å²) >= 11 is 1.79. The molecule has 0 radical (unpaired) electrons. The summed E-state index contributed by atoms with van der Waals surface area (Å²) in [7, 11) is 0. The van der Waals surface area contributed by atoms with E-state index in [9.17, 15) is 0 Å². The minimum absolute atomic E-state index is 0.0602. The fourth-order valence-electron chi connectivity index (χ4n) is 4.81. The minimum Gasteiger partial charge on any atom is -0.485 e. The molecule has 174 valence electrons. The van der Waals surface area contributed by atoms with E-state index in [-0.39, 0.29) is 12.0 Å². The molecule has 1 aromatic heterocycles. The van der Waals surface area contributed by atoms with Gasteiger partial charge < -0.3 is 4.74 Å². The van der Waals surface area contributed by atoms with Crippen molar-refractivity contribution < 1.29 is 4.74 Å². The molecule has 0 saturated heterocycles. The average Bonchev–Trinajstić information content (AvgIpc) is 3.57. The van der Waals surface area contributed by atoms with Gasteiger partial charge in [-0.25, -0.2) is 0 Å². The number of thiophene rings is 1. The summed E-state index contributed by atoms with van der Waals surface area (Å²) < 4.78 is 6.23. The van der Waals surface area contributed by atoms with Gasteiger partial charge in [-0.1, -0.05) is 110 Å². The molecule has 4 aromatic rings. The molecule has 1 aliphatic heterocycles. The highest BCUT2D eigenvalue weighted by molar-refractivity contribution is 7.16. The van der Waals surface area contributed by atoms with Gasteiger partial charge in [0.2, 0.25) is 0 Å². The molecule has 36 heavy (non-hydrogen) atoms. The molecule has 1 aliphatic carbocycles. The smallest absolute Gasteiger partial charge is 0.128 e. The lowest BCUT2D eigenvalue weighted by atomic mass is 9.87. The predicted octanol–water partition coefficient (Wildman–Crippen LogP) is 9.25. The average molecular weight is 483 g/mol. The van der Waals surface area contributed by atoms with E-state index < -0.39 is 0 Å². The molecule has 0 bridgehead atoms. The van der Waals surface area contributed by atoms with Crippen LogP contribution in [-0.4, -0.2) is 6.10 Å². The first-order valence-electron chi connectivity index (χ1n) is 12.2. The first-order chi connectivity index (χ1) is 17.8. The Balaban J connectivity index is 1.23. The van der Waals surface area contributed by atoms with Crippen LogP contribution in [0.4, 0.5) is 0 Å². The molecule has 3 aromatic carbocycles. The molecule has 2 unspecified atom stereocenters. The topological polar surface area (TPSA) is 9.23 Å². The fraction of sp³-hybridized carbons (Fsp3) is 0.0588. The van der Waals surface area contributed by atoms with Crippen molar-refractivity contribution >= 4 is 16.9 Å². The molecule has 0 fully saturated rings. The summed E-state index contributed by atoms with van der Waals surface area (Å²) in [5.74, 6) is 1.21. The van der Waals surface area contributed by atoms with Crippen molar-refractivity contribution in [2.75, 3.05) is 0 Å². The number of hydrogen-bond acceptors (Lipinski definition) is 2. The summed E-state index contributed by atoms with van der Waals surface area (Å²) in [6, 6.07) is 31.9. The van der Waals surface area contributed by atoms with Crippen molar-refractivity contribution in [1.29, 1.82) is 0 Å². The molecule has 1 nitrogen and oxygen atoms in total. The van der Waals surface area contributed by atoms with Gasteiger partial charge in [-0.05, 0) is 58.2 Å². The maximum atomic E-state index is 6.23. The maximum absolute atomic E-state index is 6.23. The first-order valence-corrected chi connectivity index (χ1v) is 13.0. The molecule has 6 rings (SSSR count). The Labute approximate surface area is 216 Å². The second kappa shape index (κ2) is 9.85. The zero-order valence-corrected chi connectivity index (χ0v) is 20.7. The molecule has 2 aliphatic rings. The van der Waals surface area contributed by atoms with Gasteiger partial charge >= 0.3 is 0 Å². The molecule has 0 amide bonds. The molecule has 2 heterocycles. The molecule has 0 spiro atoms. The zero-order chi connectivity index (χ0) is 24.3. The van der Waals surface area contributed by atoms with Crippen molar-refractivity contribution in [1.82, 2.24) is 0 Å². The van der Waals surface area contributed by atoms with Gasteiger partial charge in [0.05, 0.1) is 0 Å². The summed E-state index contributed by atoms with van der Waals surface area (Å²) in [5.41, 5.74) is 7.26. The van der Waals surface area contributed by atoms with E-state index >= 15 is 0 Å². The quantitative estimate of drug-likeness (QED) is 0.249. The Kier molecular flexibility index (Phi) is 6.11. The normalized spacial score (nSPS) is 18.4. The first kappa shape index (κ1) is 22.3. The SMILES string of the molecule is C=C/C(=C\C=C\C1=CC2c3cc(-c4ccccc4)ccc3OC2C=C1)c1ccc(-c2ccccc2)s1. The summed E-state index contributed by atoms with van der Waals surface area (Å²) in [6.07, 6.45) is 15.1. The van der Waals surface area contributed by atoms with Crippen LogP contribution in [-0.2, 0) is 0 Å². The third-order valence-corrected chi connectivity index (χ3v) is 7.86. The fourth-order valence-corrected chi connectivity index (χ4v) is 5.84. The van der Waals surface area contributed by atoms with Gasteiger partial charge in [0, 0.05) is 21.2 Å². The highest BCUT2D eigenvalue weighted by Crippen LogP contribution is 2.44. The van der Waals surface area contributed by atoms with Crippen LogP contribution >= 0.6 is 11.3 Å². The number of rotatable bonds is 6. The van der Waals surface area contributed by atoms with Gasteiger partial charge in [-0.3, -0.25) is 0 Å². The Morgan fingerprint density at radius 2 is 1.61 bits per heavy atom. The van der Waals surface area contributed by atoms with Crippen molar-refractivity contribution in [2.45, 2.75) is 12.0 Å². The van der Waals surface area contributed by atoms with Crippen LogP contribution in [0.25, 0.3) is 27.1 Å². The summed E-state index contributed by atoms with van der Waals surface area (Å²) in [5, 5.41) is 0. The second-order valence-corrected chi connectivity index (χ2v) is 10.1. The monoisotopic (exact) mass is 482 g/mol. The standard InChI is InChI=1S/C34H26OS/c1-2-25(33-20-21-34(36-33)27-13-7-4-8-14-27)15-9-10-24-16-18-31-29(22-24)30-23-28(17-19-32(30)35-31)26-11-5-3-6-12-26/h2-23,29,31H,1H2/b10-9+,25-15+. The van der Waals surface area contributed by atoms with Gasteiger partial charge in [-0.15, -0.1) is 11.3 Å².